The number of urea groups is 1. The zero-order chi connectivity index (χ0) is 17.3. The van der Waals surface area contributed by atoms with E-state index in [0.717, 1.165) is 40.6 Å². The number of benzene rings is 2. The van der Waals surface area contributed by atoms with E-state index in [1.165, 1.54) is 0 Å². The fourth-order valence-corrected chi connectivity index (χ4v) is 3.61. The second kappa shape index (κ2) is 6.26. The predicted octanol–water partition coefficient (Wildman–Crippen LogP) is 3.51. The molecule has 0 spiro atoms. The van der Waals surface area contributed by atoms with E-state index in [2.05, 4.69) is 15.6 Å². The molecule has 2 amide bonds. The third-order valence-corrected chi connectivity index (χ3v) is 4.91. The van der Waals surface area contributed by atoms with Crippen LogP contribution in [0.15, 0.2) is 54.7 Å². The number of amides is 2. The number of hydrogen-bond acceptors (Lipinski definition) is 2. The first-order valence-electron chi connectivity index (χ1n) is 8.57. The fraction of sp³-hybridized carbons (Fsp3) is 0.250. The molecule has 5 nitrogen and oxygen atoms in total. The number of H-pyrrole nitrogens is 1. The summed E-state index contributed by atoms with van der Waals surface area (Å²) in [6, 6.07) is 15.3. The number of fused-ring (bicyclic) bond motifs is 2. The number of hydrogen-bond donors (Lipinski definition) is 4. The van der Waals surface area contributed by atoms with E-state index < -0.39 is 5.60 Å². The summed E-state index contributed by atoms with van der Waals surface area (Å²) in [4.78, 5) is 15.4. The number of rotatable bonds is 3. The van der Waals surface area contributed by atoms with E-state index in [4.69, 9.17) is 0 Å². The summed E-state index contributed by atoms with van der Waals surface area (Å²) in [5, 5.41) is 17.7. The highest BCUT2D eigenvalue weighted by atomic mass is 16.3. The Morgan fingerprint density at radius 3 is 3.00 bits per heavy atom. The van der Waals surface area contributed by atoms with E-state index >= 15 is 0 Å². The first-order chi connectivity index (χ1) is 12.1. The fourth-order valence-electron chi connectivity index (χ4n) is 3.61. The van der Waals surface area contributed by atoms with E-state index in [0.29, 0.717) is 6.42 Å². The molecule has 1 heterocycles. The summed E-state index contributed by atoms with van der Waals surface area (Å²) >= 11 is 0. The zero-order valence-electron chi connectivity index (χ0n) is 13.9. The first kappa shape index (κ1) is 15.7. The number of aromatic nitrogens is 1. The van der Waals surface area contributed by atoms with E-state index in [-0.39, 0.29) is 12.6 Å². The van der Waals surface area contributed by atoms with Crippen LogP contribution in [0.2, 0.25) is 0 Å². The Kier molecular flexibility index (Phi) is 3.93. The number of carbonyl (C=O) groups excluding carboxylic acids is 1. The van der Waals surface area contributed by atoms with Gasteiger partial charge in [0.15, 0.2) is 0 Å². The van der Waals surface area contributed by atoms with Gasteiger partial charge in [0.2, 0.25) is 0 Å². The van der Waals surface area contributed by atoms with E-state index in [9.17, 15) is 9.90 Å². The molecule has 1 unspecified atom stereocenters. The maximum absolute atomic E-state index is 12.2. The highest BCUT2D eigenvalue weighted by Gasteiger charge is 2.34. The molecule has 2 aromatic carbocycles. The Hall–Kier alpha value is -2.79. The van der Waals surface area contributed by atoms with Gasteiger partial charge in [0.25, 0.3) is 0 Å². The van der Waals surface area contributed by atoms with Crippen molar-refractivity contribution in [3.05, 3.63) is 65.9 Å². The van der Waals surface area contributed by atoms with Crippen LogP contribution in [-0.4, -0.2) is 22.7 Å². The van der Waals surface area contributed by atoms with Gasteiger partial charge in [-0.05, 0) is 54.7 Å². The second-order valence-corrected chi connectivity index (χ2v) is 6.63. The molecule has 0 bridgehead atoms. The molecule has 25 heavy (non-hydrogen) atoms. The van der Waals surface area contributed by atoms with Crippen molar-refractivity contribution in [2.24, 2.45) is 0 Å². The van der Waals surface area contributed by atoms with Crippen LogP contribution in [0.4, 0.5) is 10.5 Å². The van der Waals surface area contributed by atoms with Crippen LogP contribution in [0.25, 0.3) is 10.9 Å². The molecular weight excluding hydrogens is 314 g/mol. The first-order valence-corrected chi connectivity index (χ1v) is 8.57. The summed E-state index contributed by atoms with van der Waals surface area (Å²) in [7, 11) is 0. The third-order valence-electron chi connectivity index (χ3n) is 4.91. The standard InChI is InChI=1S/C20H21N3O2/c24-19(23-16-7-8-18-15(12-16)9-11-21-18)22-13-20(25)10-3-5-14-4-1-2-6-17(14)20/h1-2,4,6-9,11-12,21,25H,3,5,10,13H2,(H2,22,23,24). The summed E-state index contributed by atoms with van der Waals surface area (Å²) in [5.41, 5.74) is 2.84. The number of aliphatic hydroxyl groups is 1. The number of aromatic amines is 1. The third kappa shape index (κ3) is 3.10. The van der Waals surface area contributed by atoms with Gasteiger partial charge in [-0.1, -0.05) is 24.3 Å². The van der Waals surface area contributed by atoms with Crippen molar-refractivity contribution in [3.8, 4) is 0 Å². The van der Waals surface area contributed by atoms with Crippen LogP contribution in [0, 0.1) is 0 Å². The molecular formula is C20H21N3O2. The Balaban J connectivity index is 1.43. The minimum Gasteiger partial charge on any atom is -0.383 e. The molecule has 128 valence electrons. The Morgan fingerprint density at radius 1 is 1.20 bits per heavy atom. The lowest BCUT2D eigenvalue weighted by Crippen LogP contribution is -2.44. The lowest BCUT2D eigenvalue weighted by Gasteiger charge is -2.34. The van der Waals surface area contributed by atoms with Crippen molar-refractivity contribution in [1.29, 1.82) is 0 Å². The van der Waals surface area contributed by atoms with Gasteiger partial charge < -0.3 is 20.7 Å². The Bertz CT molecular complexity index is 918. The second-order valence-electron chi connectivity index (χ2n) is 6.63. The molecule has 4 rings (SSSR count). The van der Waals surface area contributed by atoms with Crippen LogP contribution < -0.4 is 10.6 Å². The number of anilines is 1. The van der Waals surface area contributed by atoms with Crippen molar-refractivity contribution in [3.63, 3.8) is 0 Å². The number of aryl methyl sites for hydroxylation is 1. The molecule has 1 aliphatic rings. The highest BCUT2D eigenvalue weighted by molar-refractivity contribution is 5.92. The molecule has 0 saturated carbocycles. The molecule has 5 heteroatoms. The van der Waals surface area contributed by atoms with Crippen molar-refractivity contribution >= 4 is 22.6 Å². The Labute approximate surface area is 146 Å². The monoisotopic (exact) mass is 335 g/mol. The maximum Gasteiger partial charge on any atom is 0.319 e. The topological polar surface area (TPSA) is 77.2 Å². The van der Waals surface area contributed by atoms with Gasteiger partial charge in [-0.3, -0.25) is 0 Å². The summed E-state index contributed by atoms with van der Waals surface area (Å²) in [6.45, 7) is 0.197. The molecule has 4 N–H and O–H groups in total. The van der Waals surface area contributed by atoms with E-state index in [1.807, 2.05) is 54.7 Å². The van der Waals surface area contributed by atoms with Gasteiger partial charge in [-0.15, -0.1) is 0 Å². The minimum absolute atomic E-state index is 0.197. The van der Waals surface area contributed by atoms with Gasteiger partial charge in [-0.2, -0.15) is 0 Å². The number of nitrogens with one attached hydrogen (secondary N) is 3. The van der Waals surface area contributed by atoms with E-state index in [1.54, 1.807) is 0 Å². The maximum atomic E-state index is 12.2. The molecule has 1 aliphatic carbocycles. The predicted molar refractivity (Wildman–Crippen MR) is 98.6 cm³/mol. The van der Waals surface area contributed by atoms with Crippen LogP contribution in [-0.2, 0) is 12.0 Å². The molecule has 3 aromatic rings. The summed E-state index contributed by atoms with van der Waals surface area (Å²) < 4.78 is 0. The molecule has 1 aromatic heterocycles. The van der Waals surface area contributed by atoms with Crippen molar-refractivity contribution in [2.45, 2.75) is 24.9 Å². The van der Waals surface area contributed by atoms with Crippen molar-refractivity contribution < 1.29 is 9.90 Å². The van der Waals surface area contributed by atoms with Crippen molar-refractivity contribution in [2.75, 3.05) is 11.9 Å². The number of carbonyl (C=O) groups is 1. The summed E-state index contributed by atoms with van der Waals surface area (Å²) in [5.74, 6) is 0. The van der Waals surface area contributed by atoms with Crippen LogP contribution >= 0.6 is 0 Å². The molecule has 0 fully saturated rings. The molecule has 0 saturated heterocycles. The molecule has 0 aliphatic heterocycles. The minimum atomic E-state index is -1.00. The normalized spacial score (nSPS) is 19.4. The molecule has 1 atom stereocenters. The Morgan fingerprint density at radius 2 is 2.08 bits per heavy atom. The van der Waals surface area contributed by atoms with Crippen LogP contribution in [0.1, 0.15) is 24.0 Å². The van der Waals surface area contributed by atoms with Crippen LogP contribution in [0.3, 0.4) is 0 Å². The molecule has 0 radical (unpaired) electrons. The lowest BCUT2D eigenvalue weighted by molar-refractivity contribution is 0.0221. The van der Waals surface area contributed by atoms with Crippen LogP contribution in [0.5, 0.6) is 0 Å². The van der Waals surface area contributed by atoms with Gasteiger partial charge in [-0.25, -0.2) is 4.79 Å². The van der Waals surface area contributed by atoms with Gasteiger partial charge in [0, 0.05) is 22.8 Å². The average Bonchev–Trinajstić information content (AvgIpc) is 3.08. The zero-order valence-corrected chi connectivity index (χ0v) is 13.9. The largest absolute Gasteiger partial charge is 0.383 e. The summed E-state index contributed by atoms with van der Waals surface area (Å²) in [6.07, 6.45) is 4.41. The SMILES string of the molecule is O=C(NCC1(O)CCCc2ccccc21)Nc1ccc2[nH]ccc2c1. The quantitative estimate of drug-likeness (QED) is 0.591. The van der Waals surface area contributed by atoms with Gasteiger partial charge in [0.1, 0.15) is 5.60 Å². The lowest BCUT2D eigenvalue weighted by atomic mass is 9.79. The van der Waals surface area contributed by atoms with Gasteiger partial charge >= 0.3 is 6.03 Å². The average molecular weight is 335 g/mol. The van der Waals surface area contributed by atoms with Crippen molar-refractivity contribution in [1.82, 2.24) is 10.3 Å². The highest BCUT2D eigenvalue weighted by Crippen LogP contribution is 2.34. The van der Waals surface area contributed by atoms with Gasteiger partial charge in [0.05, 0.1) is 6.54 Å². The smallest absolute Gasteiger partial charge is 0.319 e.